The van der Waals surface area contributed by atoms with Crippen molar-refractivity contribution < 1.29 is 4.92 Å². The molecule has 0 radical (unpaired) electrons. The van der Waals surface area contributed by atoms with E-state index < -0.39 is 4.92 Å². The largest absolute Gasteiger partial charge is 0.378 e. The molecule has 116 valence electrons. The van der Waals surface area contributed by atoms with Gasteiger partial charge in [0.25, 0.3) is 5.69 Å². The number of nitro benzene ring substituents is 1. The van der Waals surface area contributed by atoms with Gasteiger partial charge in [-0.1, -0.05) is 0 Å². The van der Waals surface area contributed by atoms with E-state index in [1.165, 1.54) is 12.1 Å². The van der Waals surface area contributed by atoms with Gasteiger partial charge in [-0.2, -0.15) is 10.4 Å². The molecular weight excluding hydrogens is 362 g/mol. The van der Waals surface area contributed by atoms with Gasteiger partial charge in [-0.25, -0.2) is 0 Å². The predicted octanol–water partition coefficient (Wildman–Crippen LogP) is 4.71. The highest BCUT2D eigenvalue weighted by atomic mass is 79.9. The lowest BCUT2D eigenvalue weighted by atomic mass is 10.2. The summed E-state index contributed by atoms with van der Waals surface area (Å²) in [5, 5.41) is 28.1. The van der Waals surface area contributed by atoms with E-state index in [1.807, 2.05) is 37.2 Å². The molecule has 0 atom stereocenters. The van der Waals surface area contributed by atoms with Crippen molar-refractivity contribution in [3.05, 3.63) is 56.5 Å². The number of hydrogen-bond acceptors (Lipinski definition) is 6. The Hall–Kier alpha value is -2.79. The van der Waals surface area contributed by atoms with Gasteiger partial charge in [0, 0.05) is 31.9 Å². The first kappa shape index (κ1) is 16.6. The number of anilines is 1. The smallest absolute Gasteiger partial charge is 0.272 e. The molecule has 23 heavy (non-hydrogen) atoms. The third-order valence-corrected chi connectivity index (χ3v) is 3.62. The Kier molecular flexibility index (Phi) is 5.03. The van der Waals surface area contributed by atoms with Crippen LogP contribution in [0.15, 0.2) is 51.1 Å². The highest BCUT2D eigenvalue weighted by Crippen LogP contribution is 2.34. The summed E-state index contributed by atoms with van der Waals surface area (Å²) in [7, 11) is 3.87. The summed E-state index contributed by atoms with van der Waals surface area (Å²) in [5.74, 6) is 0. The topological polar surface area (TPSA) is 94.9 Å². The predicted molar refractivity (Wildman–Crippen MR) is 90.5 cm³/mol. The molecule has 0 N–H and O–H groups in total. The second kappa shape index (κ2) is 6.98. The lowest BCUT2D eigenvalue weighted by Crippen LogP contribution is -2.07. The molecule has 0 fully saturated rings. The first-order valence-corrected chi connectivity index (χ1v) is 7.29. The van der Waals surface area contributed by atoms with Crippen LogP contribution in [0.1, 0.15) is 5.56 Å². The zero-order valence-corrected chi connectivity index (χ0v) is 14.0. The van der Waals surface area contributed by atoms with Crippen molar-refractivity contribution in [1.82, 2.24) is 0 Å². The fourth-order valence-electron chi connectivity index (χ4n) is 1.80. The van der Waals surface area contributed by atoms with Crippen LogP contribution in [0.4, 0.5) is 22.7 Å². The summed E-state index contributed by atoms with van der Waals surface area (Å²) in [6.07, 6.45) is 0. The highest BCUT2D eigenvalue weighted by molar-refractivity contribution is 9.10. The zero-order valence-electron chi connectivity index (χ0n) is 12.4. The number of non-ortho nitro benzene ring substituents is 1. The molecule has 2 aromatic carbocycles. The number of rotatable bonds is 4. The van der Waals surface area contributed by atoms with E-state index in [0.29, 0.717) is 10.2 Å². The maximum Gasteiger partial charge on any atom is 0.272 e. The van der Waals surface area contributed by atoms with Gasteiger partial charge in [-0.05, 0) is 40.2 Å². The molecule has 0 bridgehead atoms. The molecule has 0 aromatic heterocycles. The van der Waals surface area contributed by atoms with E-state index in [9.17, 15) is 10.1 Å². The van der Waals surface area contributed by atoms with Crippen LogP contribution in [0.5, 0.6) is 0 Å². The molecule has 0 saturated heterocycles. The lowest BCUT2D eigenvalue weighted by Gasteiger charge is -2.11. The van der Waals surface area contributed by atoms with E-state index in [0.717, 1.165) is 5.69 Å². The summed E-state index contributed by atoms with van der Waals surface area (Å²) in [6, 6.07) is 11.7. The number of nitro groups is 1. The Labute approximate surface area is 141 Å². The number of benzene rings is 2. The quantitative estimate of drug-likeness (QED) is 0.440. The third kappa shape index (κ3) is 3.90. The number of nitrogens with zero attached hydrogens (tertiary/aromatic N) is 5. The van der Waals surface area contributed by atoms with E-state index in [4.69, 9.17) is 5.26 Å². The number of nitriles is 1. The highest BCUT2D eigenvalue weighted by Gasteiger charge is 2.15. The fourth-order valence-corrected chi connectivity index (χ4v) is 2.33. The molecule has 2 aromatic rings. The van der Waals surface area contributed by atoms with Crippen molar-refractivity contribution in [1.29, 1.82) is 5.26 Å². The Morgan fingerprint density at radius 1 is 1.22 bits per heavy atom. The molecule has 0 saturated carbocycles. The number of hydrogen-bond donors (Lipinski definition) is 0. The number of halogens is 1. The summed E-state index contributed by atoms with van der Waals surface area (Å²) in [6.45, 7) is 0. The molecule has 0 amide bonds. The van der Waals surface area contributed by atoms with Crippen molar-refractivity contribution in [3.8, 4) is 6.07 Å². The maximum absolute atomic E-state index is 10.8. The van der Waals surface area contributed by atoms with Gasteiger partial charge in [-0.3, -0.25) is 10.1 Å². The van der Waals surface area contributed by atoms with Crippen LogP contribution >= 0.6 is 15.9 Å². The fraction of sp³-hybridized carbons (Fsp3) is 0.133. The molecule has 0 aliphatic heterocycles. The van der Waals surface area contributed by atoms with E-state index >= 15 is 0 Å². The van der Waals surface area contributed by atoms with Crippen LogP contribution < -0.4 is 4.90 Å². The second-order valence-electron chi connectivity index (χ2n) is 4.80. The maximum atomic E-state index is 10.8. The van der Waals surface area contributed by atoms with Gasteiger partial charge in [0.2, 0.25) is 0 Å². The molecule has 8 heteroatoms. The molecule has 0 unspecified atom stereocenters. The van der Waals surface area contributed by atoms with E-state index in [1.54, 1.807) is 12.1 Å². The van der Waals surface area contributed by atoms with Gasteiger partial charge in [0.1, 0.15) is 11.8 Å². The Balaban J connectivity index is 2.36. The van der Waals surface area contributed by atoms with Crippen LogP contribution in [0.25, 0.3) is 0 Å². The van der Waals surface area contributed by atoms with Gasteiger partial charge >= 0.3 is 0 Å². The van der Waals surface area contributed by atoms with Crippen molar-refractivity contribution in [2.24, 2.45) is 10.2 Å². The molecule has 2 rings (SSSR count). The molecule has 0 heterocycles. The van der Waals surface area contributed by atoms with Crippen molar-refractivity contribution in [2.45, 2.75) is 0 Å². The van der Waals surface area contributed by atoms with Crippen LogP contribution in [-0.2, 0) is 0 Å². The SMILES string of the molecule is CN(C)c1ccc(N=Nc2c(Br)cc([N+](=O)[O-])cc2C#N)cc1. The summed E-state index contributed by atoms with van der Waals surface area (Å²) in [4.78, 5) is 12.2. The molecule has 0 aliphatic carbocycles. The zero-order chi connectivity index (χ0) is 17.0. The number of azo groups is 1. The molecular formula is C15H12BrN5O2. The Bertz CT molecular complexity index is 810. The Morgan fingerprint density at radius 3 is 2.39 bits per heavy atom. The molecule has 0 spiro atoms. The summed E-state index contributed by atoms with van der Waals surface area (Å²) < 4.78 is 0.344. The van der Waals surface area contributed by atoms with E-state index in [-0.39, 0.29) is 16.9 Å². The second-order valence-corrected chi connectivity index (χ2v) is 5.66. The summed E-state index contributed by atoms with van der Waals surface area (Å²) >= 11 is 3.20. The van der Waals surface area contributed by atoms with Crippen molar-refractivity contribution in [3.63, 3.8) is 0 Å². The van der Waals surface area contributed by atoms with Crippen LogP contribution in [0.3, 0.4) is 0 Å². The lowest BCUT2D eigenvalue weighted by molar-refractivity contribution is -0.384. The Morgan fingerprint density at radius 2 is 1.87 bits per heavy atom. The van der Waals surface area contributed by atoms with Crippen molar-refractivity contribution in [2.75, 3.05) is 19.0 Å². The van der Waals surface area contributed by atoms with E-state index in [2.05, 4.69) is 26.2 Å². The van der Waals surface area contributed by atoms with Crippen LogP contribution in [-0.4, -0.2) is 19.0 Å². The molecule has 7 nitrogen and oxygen atoms in total. The minimum Gasteiger partial charge on any atom is -0.378 e. The summed E-state index contributed by atoms with van der Waals surface area (Å²) in [5.41, 5.74) is 1.81. The average molecular weight is 374 g/mol. The minimum atomic E-state index is -0.563. The first-order valence-electron chi connectivity index (χ1n) is 6.49. The monoisotopic (exact) mass is 373 g/mol. The minimum absolute atomic E-state index is 0.0831. The average Bonchev–Trinajstić information content (AvgIpc) is 2.53. The van der Waals surface area contributed by atoms with Gasteiger partial charge in [0.15, 0.2) is 0 Å². The normalized spacial score (nSPS) is 10.5. The van der Waals surface area contributed by atoms with Gasteiger partial charge < -0.3 is 4.90 Å². The third-order valence-electron chi connectivity index (χ3n) is 3.01. The standard InChI is InChI=1S/C15H12BrN5O2/c1-20(2)12-5-3-11(4-6-12)18-19-15-10(9-17)7-13(21(22)23)8-14(15)16/h3-8H,1-2H3. The van der Waals surface area contributed by atoms with Crippen LogP contribution in [0.2, 0.25) is 0 Å². The van der Waals surface area contributed by atoms with Gasteiger partial charge in [-0.15, -0.1) is 5.11 Å². The first-order chi connectivity index (χ1) is 10.9. The van der Waals surface area contributed by atoms with Gasteiger partial charge in [0.05, 0.1) is 20.6 Å². The van der Waals surface area contributed by atoms with Crippen LogP contribution in [0, 0.1) is 21.4 Å². The van der Waals surface area contributed by atoms with Crippen molar-refractivity contribution >= 4 is 38.7 Å². The molecule has 0 aliphatic rings.